The van der Waals surface area contributed by atoms with Gasteiger partial charge in [0.2, 0.25) is 0 Å². The summed E-state index contributed by atoms with van der Waals surface area (Å²) in [5.74, 6) is -1.35. The molecule has 5 nitrogen and oxygen atoms in total. The zero-order valence-corrected chi connectivity index (χ0v) is 8.79. The van der Waals surface area contributed by atoms with Gasteiger partial charge in [-0.05, 0) is 16.5 Å². The number of carbonyl (C=O) groups is 1. The first kappa shape index (κ1) is 13.5. The average molecular weight is 270 g/mol. The van der Waals surface area contributed by atoms with E-state index < -0.39 is 21.6 Å². The van der Waals surface area contributed by atoms with Crippen molar-refractivity contribution in [3.05, 3.63) is 35.9 Å². The summed E-state index contributed by atoms with van der Waals surface area (Å²) in [6, 6.07) is 6.80. The van der Waals surface area contributed by atoms with Crippen LogP contribution in [0.2, 0.25) is 0 Å². The Balaban J connectivity index is 2.68. The molecule has 1 aromatic carbocycles. The molecule has 0 spiro atoms. The van der Waals surface area contributed by atoms with Crippen molar-refractivity contribution in [2.24, 2.45) is 0 Å². The van der Waals surface area contributed by atoms with Crippen LogP contribution in [0.3, 0.4) is 0 Å². The highest BCUT2D eigenvalue weighted by Gasteiger charge is 2.49. The largest absolute Gasteiger partial charge is 0.526 e. The molecule has 0 aliphatic carbocycles. The zero-order chi connectivity index (χ0) is 13.1. The molecule has 9 heteroatoms. The van der Waals surface area contributed by atoms with Crippen LogP contribution in [-0.2, 0) is 19.3 Å². The predicted octanol–water partition coefficient (Wildman–Crippen LogP) is 1.62. The second-order valence-electron chi connectivity index (χ2n) is 2.70. The highest BCUT2D eigenvalue weighted by Crippen LogP contribution is 2.24. The lowest BCUT2D eigenvalue weighted by atomic mass is 10.2. The molecular weight excluding hydrogens is 265 g/mol. The molecule has 0 unspecified atom stereocenters. The molecule has 0 radical (unpaired) electrons. The Labute approximate surface area is 93.8 Å². The van der Waals surface area contributed by atoms with Gasteiger partial charge in [0.1, 0.15) is 0 Å². The lowest BCUT2D eigenvalue weighted by Crippen LogP contribution is -2.26. The molecule has 0 aromatic heterocycles. The van der Waals surface area contributed by atoms with E-state index in [1.54, 1.807) is 6.07 Å². The zero-order valence-electron chi connectivity index (χ0n) is 7.97. The molecule has 0 bridgehead atoms. The minimum atomic E-state index is -5.94. The van der Waals surface area contributed by atoms with E-state index >= 15 is 0 Å². The van der Waals surface area contributed by atoms with Crippen molar-refractivity contribution in [3.63, 3.8) is 0 Å². The maximum absolute atomic E-state index is 11.8. The Kier molecular flexibility index (Phi) is 3.73. The monoisotopic (exact) mass is 270 g/mol. The molecule has 1 rings (SSSR count). The Morgan fingerprint density at radius 2 is 1.65 bits per heavy atom. The normalized spacial score (nSPS) is 12.2. The summed E-state index contributed by atoms with van der Waals surface area (Å²) in [5.41, 5.74) is -5.80. The van der Waals surface area contributed by atoms with Crippen LogP contribution in [0.1, 0.15) is 10.4 Å². The Bertz CT molecular complexity index is 494. The van der Waals surface area contributed by atoms with E-state index in [0.29, 0.717) is 0 Å². The maximum atomic E-state index is 11.8. The van der Waals surface area contributed by atoms with E-state index in [1.807, 2.05) is 0 Å². The fourth-order valence-corrected chi connectivity index (χ4v) is 0.965. The van der Waals surface area contributed by atoms with Gasteiger partial charge >= 0.3 is 21.6 Å². The van der Waals surface area contributed by atoms with Gasteiger partial charge in [-0.3, -0.25) is 4.89 Å². The summed E-state index contributed by atoms with van der Waals surface area (Å²) in [7, 11) is -5.94. The summed E-state index contributed by atoms with van der Waals surface area (Å²) in [5, 5.41) is 0. The van der Waals surface area contributed by atoms with Gasteiger partial charge in [-0.1, -0.05) is 18.2 Å². The van der Waals surface area contributed by atoms with Crippen molar-refractivity contribution in [1.82, 2.24) is 0 Å². The van der Waals surface area contributed by atoms with Gasteiger partial charge in [0, 0.05) is 0 Å². The van der Waals surface area contributed by atoms with Gasteiger partial charge in [0.15, 0.2) is 0 Å². The number of hydrogen-bond donors (Lipinski definition) is 0. The Morgan fingerprint density at radius 1 is 1.12 bits per heavy atom. The van der Waals surface area contributed by atoms with E-state index in [0.717, 1.165) is 0 Å². The van der Waals surface area contributed by atoms with Crippen molar-refractivity contribution in [2.45, 2.75) is 5.51 Å². The minimum Gasteiger partial charge on any atom is -0.276 e. The molecule has 0 fully saturated rings. The minimum absolute atomic E-state index is 0.148. The smallest absolute Gasteiger partial charge is 0.276 e. The molecule has 0 amide bonds. The molecule has 0 saturated heterocycles. The van der Waals surface area contributed by atoms with Crippen molar-refractivity contribution in [2.75, 3.05) is 0 Å². The van der Waals surface area contributed by atoms with E-state index in [4.69, 9.17) is 0 Å². The van der Waals surface area contributed by atoms with Crippen LogP contribution in [0, 0.1) is 0 Å². The van der Waals surface area contributed by atoms with Crippen molar-refractivity contribution < 1.29 is 35.6 Å². The average Bonchev–Trinajstić information content (AvgIpc) is 2.25. The van der Waals surface area contributed by atoms with Gasteiger partial charge < -0.3 is 0 Å². The highest BCUT2D eigenvalue weighted by molar-refractivity contribution is 7.87. The second kappa shape index (κ2) is 4.72. The van der Waals surface area contributed by atoms with Gasteiger partial charge in [0.05, 0.1) is 5.56 Å². The molecule has 1 aromatic rings. The number of halogens is 3. The molecule has 0 aliphatic heterocycles. The molecule has 0 saturated carbocycles. The first-order chi connectivity index (χ1) is 7.74. The van der Waals surface area contributed by atoms with Gasteiger partial charge in [-0.25, -0.2) is 4.79 Å². The van der Waals surface area contributed by atoms with Gasteiger partial charge in [0.25, 0.3) is 0 Å². The lowest BCUT2D eigenvalue weighted by Gasteiger charge is -2.06. The number of rotatable bonds is 3. The maximum Gasteiger partial charge on any atom is 0.526 e. The molecule has 0 heterocycles. The number of carbonyl (C=O) groups excluding carboxylic acids is 1. The van der Waals surface area contributed by atoms with Gasteiger partial charge in [-0.2, -0.15) is 21.6 Å². The van der Waals surface area contributed by atoms with Crippen molar-refractivity contribution in [1.29, 1.82) is 0 Å². The molecule has 0 atom stereocenters. The van der Waals surface area contributed by atoms with Gasteiger partial charge in [-0.15, -0.1) is 0 Å². The van der Waals surface area contributed by atoms with E-state index in [2.05, 4.69) is 9.22 Å². The van der Waals surface area contributed by atoms with Crippen LogP contribution in [-0.4, -0.2) is 19.9 Å². The highest BCUT2D eigenvalue weighted by atomic mass is 32.2. The van der Waals surface area contributed by atoms with Crippen molar-refractivity contribution in [3.8, 4) is 0 Å². The lowest BCUT2D eigenvalue weighted by molar-refractivity contribution is -0.163. The standard InChI is InChI=1S/C8H5F3O5S/c9-8(10,11)17(13,14)16-15-7(12)6-4-2-1-3-5-6/h1-5H. The molecular formula is C8H5F3O5S. The van der Waals surface area contributed by atoms with E-state index in [1.165, 1.54) is 24.3 Å². The topological polar surface area (TPSA) is 69.7 Å². The number of hydrogen-bond acceptors (Lipinski definition) is 5. The first-order valence-electron chi connectivity index (χ1n) is 4.01. The van der Waals surface area contributed by atoms with Crippen LogP contribution >= 0.6 is 0 Å². The summed E-state index contributed by atoms with van der Waals surface area (Å²) in [6.07, 6.45) is 0. The Hall–Kier alpha value is -1.61. The number of benzene rings is 1. The summed E-state index contributed by atoms with van der Waals surface area (Å²) in [4.78, 5) is 14.6. The van der Waals surface area contributed by atoms with E-state index in [9.17, 15) is 26.4 Å². The van der Waals surface area contributed by atoms with Crippen LogP contribution in [0.15, 0.2) is 30.3 Å². The second-order valence-corrected chi connectivity index (χ2v) is 4.21. The molecule has 94 valence electrons. The first-order valence-corrected chi connectivity index (χ1v) is 5.41. The predicted molar refractivity (Wildman–Crippen MR) is 47.9 cm³/mol. The van der Waals surface area contributed by atoms with Crippen molar-refractivity contribution >= 4 is 16.1 Å². The van der Waals surface area contributed by atoms with Crippen LogP contribution in [0.4, 0.5) is 13.2 Å². The fraction of sp³-hybridized carbons (Fsp3) is 0.125. The third kappa shape index (κ3) is 3.43. The SMILES string of the molecule is O=C(OOS(=O)(=O)C(F)(F)F)c1ccccc1. The van der Waals surface area contributed by atoms with E-state index in [-0.39, 0.29) is 5.56 Å². The summed E-state index contributed by atoms with van der Waals surface area (Å²) in [6.45, 7) is 0. The fourth-order valence-electron chi connectivity index (χ4n) is 0.737. The Morgan fingerprint density at radius 3 is 2.12 bits per heavy atom. The quantitative estimate of drug-likeness (QED) is 0.474. The van der Waals surface area contributed by atoms with Crippen LogP contribution in [0.25, 0.3) is 0 Å². The molecule has 0 aliphatic rings. The third-order valence-corrected chi connectivity index (χ3v) is 2.31. The number of alkyl halides is 3. The van der Waals surface area contributed by atoms with Crippen LogP contribution in [0.5, 0.6) is 0 Å². The summed E-state index contributed by atoms with van der Waals surface area (Å²) < 4.78 is 59.2. The molecule has 17 heavy (non-hydrogen) atoms. The third-order valence-electron chi connectivity index (χ3n) is 1.49. The summed E-state index contributed by atoms with van der Waals surface area (Å²) >= 11 is 0. The molecule has 0 N–H and O–H groups in total. The van der Waals surface area contributed by atoms with Crippen LogP contribution < -0.4 is 0 Å².